The average Bonchev–Trinajstić information content (AvgIpc) is 2.97. The van der Waals surface area contributed by atoms with E-state index >= 15 is 0 Å². The SMILES string of the molecule is Cn1cc(C(F)(F)F)nc1[C@@H]1CCCN(C(=O)c2ccncc2)C1. The Labute approximate surface area is 137 Å². The quantitative estimate of drug-likeness (QED) is 0.846. The molecule has 1 fully saturated rings. The lowest BCUT2D eigenvalue weighted by Crippen LogP contribution is -2.39. The fourth-order valence-corrected chi connectivity index (χ4v) is 3.05. The van der Waals surface area contributed by atoms with Crippen LogP contribution in [-0.4, -0.2) is 38.4 Å². The molecule has 0 saturated carbocycles. The highest BCUT2D eigenvalue weighted by molar-refractivity contribution is 5.94. The molecule has 8 heteroatoms. The number of amides is 1. The molecule has 0 aromatic carbocycles. The van der Waals surface area contributed by atoms with Gasteiger partial charge >= 0.3 is 6.18 Å². The predicted molar refractivity (Wildman–Crippen MR) is 80.3 cm³/mol. The first-order chi connectivity index (χ1) is 11.4. The first kappa shape index (κ1) is 16.5. The number of alkyl halides is 3. The van der Waals surface area contributed by atoms with E-state index in [4.69, 9.17) is 0 Å². The van der Waals surface area contributed by atoms with E-state index in [2.05, 4.69) is 9.97 Å². The van der Waals surface area contributed by atoms with Crippen LogP contribution >= 0.6 is 0 Å². The lowest BCUT2D eigenvalue weighted by molar-refractivity contribution is -0.141. The number of piperidine rings is 1. The second kappa shape index (κ2) is 6.26. The van der Waals surface area contributed by atoms with Crippen molar-refractivity contribution in [2.75, 3.05) is 13.1 Å². The van der Waals surface area contributed by atoms with Crippen LogP contribution in [0.2, 0.25) is 0 Å². The number of carbonyl (C=O) groups is 1. The van der Waals surface area contributed by atoms with Crippen molar-refractivity contribution in [3.05, 3.63) is 47.8 Å². The molecule has 3 heterocycles. The molecule has 0 N–H and O–H groups in total. The van der Waals surface area contributed by atoms with Crippen LogP contribution < -0.4 is 0 Å². The Balaban J connectivity index is 1.79. The molecule has 1 aliphatic heterocycles. The monoisotopic (exact) mass is 338 g/mol. The van der Waals surface area contributed by atoms with Gasteiger partial charge in [0.2, 0.25) is 0 Å². The van der Waals surface area contributed by atoms with E-state index in [0.717, 1.165) is 12.6 Å². The third-order valence-electron chi connectivity index (χ3n) is 4.20. The van der Waals surface area contributed by atoms with Gasteiger partial charge in [0.1, 0.15) is 5.82 Å². The average molecular weight is 338 g/mol. The highest BCUT2D eigenvalue weighted by Gasteiger charge is 2.36. The van der Waals surface area contributed by atoms with Crippen LogP contribution in [0.25, 0.3) is 0 Å². The first-order valence-electron chi connectivity index (χ1n) is 7.66. The largest absolute Gasteiger partial charge is 0.434 e. The molecule has 2 aromatic heterocycles. The molecular weight excluding hydrogens is 321 g/mol. The van der Waals surface area contributed by atoms with Crippen molar-refractivity contribution in [2.45, 2.75) is 24.9 Å². The Kier molecular flexibility index (Phi) is 4.29. The maximum Gasteiger partial charge on any atom is 0.434 e. The van der Waals surface area contributed by atoms with Crippen molar-refractivity contribution in [3.63, 3.8) is 0 Å². The lowest BCUT2D eigenvalue weighted by Gasteiger charge is -2.32. The second-order valence-electron chi connectivity index (χ2n) is 5.92. The normalized spacial score (nSPS) is 18.7. The van der Waals surface area contributed by atoms with Gasteiger partial charge in [-0.05, 0) is 25.0 Å². The Hall–Kier alpha value is -2.38. The second-order valence-corrected chi connectivity index (χ2v) is 5.92. The van der Waals surface area contributed by atoms with Crippen LogP contribution in [0.5, 0.6) is 0 Å². The van der Waals surface area contributed by atoms with Gasteiger partial charge < -0.3 is 9.47 Å². The Morgan fingerprint density at radius 3 is 2.62 bits per heavy atom. The van der Waals surface area contributed by atoms with Gasteiger partial charge in [0, 0.05) is 50.2 Å². The zero-order chi connectivity index (χ0) is 17.3. The van der Waals surface area contributed by atoms with Crippen molar-refractivity contribution in [3.8, 4) is 0 Å². The fraction of sp³-hybridized carbons (Fsp3) is 0.438. The number of aryl methyl sites for hydroxylation is 1. The van der Waals surface area contributed by atoms with Gasteiger partial charge in [-0.25, -0.2) is 4.98 Å². The van der Waals surface area contributed by atoms with E-state index in [1.54, 1.807) is 36.5 Å². The van der Waals surface area contributed by atoms with Crippen molar-refractivity contribution in [1.29, 1.82) is 0 Å². The smallest absolute Gasteiger partial charge is 0.338 e. The van der Waals surface area contributed by atoms with Gasteiger partial charge in [-0.3, -0.25) is 9.78 Å². The molecule has 1 amide bonds. The van der Waals surface area contributed by atoms with Crippen LogP contribution in [0, 0.1) is 0 Å². The Morgan fingerprint density at radius 2 is 2.00 bits per heavy atom. The maximum absolute atomic E-state index is 12.8. The summed E-state index contributed by atoms with van der Waals surface area (Å²) in [7, 11) is 1.56. The summed E-state index contributed by atoms with van der Waals surface area (Å²) in [5, 5.41) is 0. The van der Waals surface area contributed by atoms with E-state index in [1.165, 1.54) is 4.57 Å². The number of halogens is 3. The summed E-state index contributed by atoms with van der Waals surface area (Å²) in [4.78, 5) is 21.8. The molecule has 24 heavy (non-hydrogen) atoms. The van der Waals surface area contributed by atoms with Crippen LogP contribution in [0.4, 0.5) is 13.2 Å². The number of hydrogen-bond acceptors (Lipinski definition) is 3. The molecule has 2 aromatic rings. The Morgan fingerprint density at radius 1 is 1.29 bits per heavy atom. The molecule has 128 valence electrons. The minimum absolute atomic E-state index is 0.132. The third kappa shape index (κ3) is 3.27. The lowest BCUT2D eigenvalue weighted by atomic mass is 9.96. The molecular formula is C16H17F3N4O. The van der Waals surface area contributed by atoms with Crippen molar-refractivity contribution < 1.29 is 18.0 Å². The molecule has 5 nitrogen and oxygen atoms in total. The number of nitrogens with zero attached hydrogens (tertiary/aromatic N) is 4. The van der Waals surface area contributed by atoms with E-state index in [1.807, 2.05) is 0 Å². The van der Waals surface area contributed by atoms with Crippen LogP contribution in [-0.2, 0) is 13.2 Å². The zero-order valence-corrected chi connectivity index (χ0v) is 13.1. The van der Waals surface area contributed by atoms with Gasteiger partial charge in [-0.1, -0.05) is 0 Å². The molecule has 1 aliphatic rings. The fourth-order valence-electron chi connectivity index (χ4n) is 3.05. The van der Waals surface area contributed by atoms with Crippen LogP contribution in [0.15, 0.2) is 30.7 Å². The first-order valence-corrected chi connectivity index (χ1v) is 7.66. The number of hydrogen-bond donors (Lipinski definition) is 0. The number of likely N-dealkylation sites (tertiary alicyclic amines) is 1. The standard InChI is InChI=1S/C16H17F3N4O/c1-22-10-13(16(17,18)19)21-14(22)12-3-2-8-23(9-12)15(24)11-4-6-20-7-5-11/h4-7,10,12H,2-3,8-9H2,1H3/t12-/m1/s1. The molecule has 3 rings (SSSR count). The summed E-state index contributed by atoms with van der Waals surface area (Å²) in [5.74, 6) is 0.0348. The number of imidazole rings is 1. The third-order valence-corrected chi connectivity index (χ3v) is 4.20. The van der Waals surface area contributed by atoms with Crippen LogP contribution in [0.1, 0.15) is 40.6 Å². The Bertz CT molecular complexity index is 727. The van der Waals surface area contributed by atoms with Gasteiger partial charge in [0.15, 0.2) is 5.69 Å². The highest BCUT2D eigenvalue weighted by atomic mass is 19.4. The minimum atomic E-state index is -4.46. The van der Waals surface area contributed by atoms with Gasteiger partial charge in [-0.15, -0.1) is 0 Å². The van der Waals surface area contributed by atoms with Crippen molar-refractivity contribution in [1.82, 2.24) is 19.4 Å². The highest BCUT2D eigenvalue weighted by Crippen LogP contribution is 2.32. The zero-order valence-electron chi connectivity index (χ0n) is 13.1. The summed E-state index contributed by atoms with van der Waals surface area (Å²) in [6.07, 6.45) is 1.07. The van der Waals surface area contributed by atoms with E-state index in [9.17, 15) is 18.0 Å². The molecule has 0 spiro atoms. The molecule has 0 radical (unpaired) electrons. The summed E-state index contributed by atoms with van der Waals surface area (Å²) in [6, 6.07) is 3.27. The summed E-state index contributed by atoms with van der Waals surface area (Å²) >= 11 is 0. The summed E-state index contributed by atoms with van der Waals surface area (Å²) in [6.45, 7) is 0.956. The minimum Gasteiger partial charge on any atom is -0.338 e. The molecule has 1 atom stereocenters. The molecule has 0 bridgehead atoms. The van der Waals surface area contributed by atoms with Crippen LogP contribution in [0.3, 0.4) is 0 Å². The predicted octanol–water partition coefficient (Wildman–Crippen LogP) is 2.85. The van der Waals surface area contributed by atoms with E-state index in [0.29, 0.717) is 30.9 Å². The van der Waals surface area contributed by atoms with Gasteiger partial charge in [0.05, 0.1) is 0 Å². The molecule has 0 aliphatic carbocycles. The molecule has 1 saturated heterocycles. The summed E-state index contributed by atoms with van der Waals surface area (Å²) < 4.78 is 39.9. The van der Waals surface area contributed by atoms with E-state index in [-0.39, 0.29) is 11.8 Å². The maximum atomic E-state index is 12.8. The number of pyridine rings is 1. The number of carbonyl (C=O) groups excluding carboxylic acids is 1. The van der Waals surface area contributed by atoms with Crippen molar-refractivity contribution in [2.24, 2.45) is 7.05 Å². The molecule has 0 unspecified atom stereocenters. The van der Waals surface area contributed by atoms with E-state index < -0.39 is 11.9 Å². The van der Waals surface area contributed by atoms with Crippen molar-refractivity contribution >= 4 is 5.91 Å². The number of aromatic nitrogens is 3. The summed E-state index contributed by atoms with van der Waals surface area (Å²) in [5.41, 5.74) is -0.362. The topological polar surface area (TPSA) is 51.0 Å². The number of rotatable bonds is 2. The van der Waals surface area contributed by atoms with Gasteiger partial charge in [-0.2, -0.15) is 13.2 Å². The van der Waals surface area contributed by atoms with Gasteiger partial charge in [0.25, 0.3) is 5.91 Å².